The van der Waals surface area contributed by atoms with Crippen molar-refractivity contribution in [3.8, 4) is 27.7 Å². The van der Waals surface area contributed by atoms with Gasteiger partial charge < -0.3 is 14.8 Å². The molecule has 0 fully saturated rings. The summed E-state index contributed by atoms with van der Waals surface area (Å²) in [4.78, 5) is 0.959. The van der Waals surface area contributed by atoms with Crippen LogP contribution in [0.3, 0.4) is 0 Å². The molecule has 1 aliphatic rings. The molecule has 0 radical (unpaired) electrons. The molecule has 0 saturated carbocycles. The third-order valence-electron chi connectivity index (χ3n) is 6.48. The van der Waals surface area contributed by atoms with Gasteiger partial charge in [0, 0.05) is 16.6 Å². The number of thiophene rings is 1. The first-order valence-corrected chi connectivity index (χ1v) is 13.2. The highest BCUT2D eigenvalue weighted by Gasteiger charge is 2.18. The van der Waals surface area contributed by atoms with Gasteiger partial charge in [0.1, 0.15) is 23.9 Å². The Morgan fingerprint density at radius 2 is 1.57 bits per heavy atom. The van der Waals surface area contributed by atoms with Crippen LogP contribution in [-0.4, -0.2) is 13.1 Å². The molecule has 0 aliphatic carbocycles. The molecule has 37 heavy (non-hydrogen) atoms. The van der Waals surface area contributed by atoms with E-state index in [1.807, 2.05) is 42.5 Å². The van der Waals surface area contributed by atoms with E-state index in [4.69, 9.17) is 9.47 Å². The van der Waals surface area contributed by atoms with E-state index in [-0.39, 0.29) is 5.82 Å². The zero-order valence-corrected chi connectivity index (χ0v) is 21.1. The zero-order valence-electron chi connectivity index (χ0n) is 20.2. The van der Waals surface area contributed by atoms with Gasteiger partial charge in [-0.15, -0.1) is 11.3 Å². The molecule has 1 N–H and O–H groups in total. The fourth-order valence-corrected chi connectivity index (χ4v) is 5.68. The standard InChI is InChI=1S/C32H26FNO2S/c33-26-10-6-25(7-11-26)32-31(36-27-12-8-23(9-13-27)24-16-18-34-19-17-24)29-15-14-28(20-30(29)37-32)35-21-22-4-2-1-3-5-22/h1-16,20,34H,17-19,21H2. The maximum atomic E-state index is 13.7. The molecule has 1 aliphatic heterocycles. The van der Waals surface area contributed by atoms with Crippen LogP contribution >= 0.6 is 11.3 Å². The maximum Gasteiger partial charge on any atom is 0.153 e. The van der Waals surface area contributed by atoms with E-state index in [2.05, 4.69) is 41.7 Å². The molecule has 0 bridgehead atoms. The van der Waals surface area contributed by atoms with Crippen LogP contribution in [-0.2, 0) is 6.61 Å². The molecule has 1 aromatic heterocycles. The Hall–Kier alpha value is -3.93. The minimum atomic E-state index is -0.258. The van der Waals surface area contributed by atoms with E-state index in [1.165, 1.54) is 23.3 Å². The number of hydrogen-bond donors (Lipinski definition) is 1. The van der Waals surface area contributed by atoms with Crippen LogP contribution in [0.2, 0.25) is 0 Å². The van der Waals surface area contributed by atoms with Gasteiger partial charge in [0.15, 0.2) is 5.75 Å². The lowest BCUT2D eigenvalue weighted by atomic mass is 10.0. The van der Waals surface area contributed by atoms with Gasteiger partial charge in [-0.25, -0.2) is 4.39 Å². The van der Waals surface area contributed by atoms with Gasteiger partial charge in [0.25, 0.3) is 0 Å². The van der Waals surface area contributed by atoms with Gasteiger partial charge in [-0.3, -0.25) is 0 Å². The van der Waals surface area contributed by atoms with Crippen molar-refractivity contribution in [2.75, 3.05) is 13.1 Å². The summed E-state index contributed by atoms with van der Waals surface area (Å²) in [5, 5.41) is 4.36. The third kappa shape index (κ3) is 5.29. The van der Waals surface area contributed by atoms with E-state index in [9.17, 15) is 4.39 Å². The third-order valence-corrected chi connectivity index (χ3v) is 7.66. The first kappa shape index (κ1) is 23.5. The number of halogens is 1. The van der Waals surface area contributed by atoms with Gasteiger partial charge >= 0.3 is 0 Å². The first-order valence-electron chi connectivity index (χ1n) is 12.4. The summed E-state index contributed by atoms with van der Waals surface area (Å²) in [5.74, 6) is 2.09. The Morgan fingerprint density at radius 1 is 0.811 bits per heavy atom. The smallest absolute Gasteiger partial charge is 0.153 e. The molecule has 3 nitrogen and oxygen atoms in total. The highest BCUT2D eigenvalue weighted by atomic mass is 32.1. The van der Waals surface area contributed by atoms with Crippen LogP contribution in [0.1, 0.15) is 17.5 Å². The van der Waals surface area contributed by atoms with Crippen molar-refractivity contribution in [2.45, 2.75) is 13.0 Å². The molecular formula is C32H26FNO2S. The lowest BCUT2D eigenvalue weighted by molar-refractivity contribution is 0.306. The molecular weight excluding hydrogens is 481 g/mol. The maximum absolute atomic E-state index is 13.7. The number of hydrogen-bond acceptors (Lipinski definition) is 4. The second-order valence-corrected chi connectivity index (χ2v) is 10.1. The average molecular weight is 508 g/mol. The van der Waals surface area contributed by atoms with Gasteiger partial charge in [0.2, 0.25) is 0 Å². The Bertz CT molecular complexity index is 1540. The van der Waals surface area contributed by atoms with Crippen LogP contribution < -0.4 is 14.8 Å². The van der Waals surface area contributed by atoms with Gasteiger partial charge in [-0.05, 0) is 77.7 Å². The van der Waals surface area contributed by atoms with Gasteiger partial charge in [0.05, 0.1) is 4.88 Å². The predicted octanol–water partition coefficient (Wildman–Crippen LogP) is 8.46. The fraction of sp³-hybridized carbons (Fsp3) is 0.125. The molecule has 0 amide bonds. The predicted molar refractivity (Wildman–Crippen MR) is 150 cm³/mol. The van der Waals surface area contributed by atoms with Gasteiger partial charge in [-0.1, -0.05) is 60.7 Å². The molecule has 0 atom stereocenters. The highest BCUT2D eigenvalue weighted by Crippen LogP contribution is 2.47. The Morgan fingerprint density at radius 3 is 2.32 bits per heavy atom. The van der Waals surface area contributed by atoms with E-state index >= 15 is 0 Å². The summed E-state index contributed by atoms with van der Waals surface area (Å²) in [6.07, 6.45) is 3.27. The molecule has 5 heteroatoms. The molecule has 0 saturated heterocycles. The summed E-state index contributed by atoms with van der Waals surface area (Å²) in [6, 6.07) is 31.0. The number of ether oxygens (including phenoxy) is 2. The summed E-state index contributed by atoms with van der Waals surface area (Å²) in [7, 11) is 0. The van der Waals surface area contributed by atoms with E-state index in [1.54, 1.807) is 23.5 Å². The van der Waals surface area contributed by atoms with Crippen LogP contribution in [0.5, 0.6) is 17.2 Å². The minimum Gasteiger partial charge on any atom is -0.489 e. The van der Waals surface area contributed by atoms with Crippen molar-refractivity contribution in [2.24, 2.45) is 0 Å². The van der Waals surface area contributed by atoms with Crippen LogP contribution in [0, 0.1) is 5.82 Å². The Labute approximate surface area is 219 Å². The van der Waals surface area contributed by atoms with Crippen molar-refractivity contribution < 1.29 is 13.9 Å². The molecule has 5 aromatic rings. The SMILES string of the molecule is Fc1ccc(-c2sc3cc(OCc4ccccc4)ccc3c2Oc2ccc(C3=CCNCC3)cc2)cc1. The number of nitrogens with one attached hydrogen (secondary N) is 1. The minimum absolute atomic E-state index is 0.258. The monoisotopic (exact) mass is 507 g/mol. The molecule has 6 rings (SSSR count). The van der Waals surface area contributed by atoms with Crippen molar-refractivity contribution >= 4 is 27.0 Å². The van der Waals surface area contributed by atoms with Crippen molar-refractivity contribution in [3.05, 3.63) is 120 Å². The normalized spacial score (nSPS) is 13.4. The van der Waals surface area contributed by atoms with Crippen LogP contribution in [0.4, 0.5) is 4.39 Å². The van der Waals surface area contributed by atoms with Crippen LogP contribution in [0.25, 0.3) is 26.1 Å². The zero-order chi connectivity index (χ0) is 25.0. The second-order valence-electron chi connectivity index (χ2n) is 9.01. The van der Waals surface area contributed by atoms with Crippen molar-refractivity contribution in [3.63, 3.8) is 0 Å². The molecule has 4 aromatic carbocycles. The Kier molecular flexibility index (Phi) is 6.72. The number of rotatable bonds is 7. The lowest BCUT2D eigenvalue weighted by Gasteiger charge is -2.15. The van der Waals surface area contributed by atoms with Gasteiger partial charge in [-0.2, -0.15) is 0 Å². The molecule has 184 valence electrons. The lowest BCUT2D eigenvalue weighted by Crippen LogP contribution is -2.19. The second kappa shape index (κ2) is 10.6. The summed E-state index contributed by atoms with van der Waals surface area (Å²) in [6.45, 7) is 2.42. The number of fused-ring (bicyclic) bond motifs is 1. The first-order chi connectivity index (χ1) is 18.2. The summed E-state index contributed by atoms with van der Waals surface area (Å²) >= 11 is 1.62. The average Bonchev–Trinajstić information content (AvgIpc) is 3.31. The van der Waals surface area contributed by atoms with Crippen molar-refractivity contribution in [1.82, 2.24) is 5.32 Å². The van der Waals surface area contributed by atoms with E-state index in [0.717, 1.165) is 62.8 Å². The van der Waals surface area contributed by atoms with Crippen LogP contribution in [0.15, 0.2) is 103 Å². The van der Waals surface area contributed by atoms with E-state index in [0.29, 0.717) is 6.61 Å². The van der Waals surface area contributed by atoms with Crippen molar-refractivity contribution in [1.29, 1.82) is 0 Å². The van der Waals surface area contributed by atoms with E-state index < -0.39 is 0 Å². The molecule has 0 unspecified atom stereocenters. The largest absolute Gasteiger partial charge is 0.489 e. The summed E-state index contributed by atoms with van der Waals surface area (Å²) < 4.78 is 27.3. The quantitative estimate of drug-likeness (QED) is 0.240. The topological polar surface area (TPSA) is 30.5 Å². The summed E-state index contributed by atoms with van der Waals surface area (Å²) in [5.41, 5.74) is 4.62. The highest BCUT2D eigenvalue weighted by molar-refractivity contribution is 7.22. The Balaban J connectivity index is 1.33. The fourth-order valence-electron chi connectivity index (χ4n) is 4.52. The molecule has 0 spiro atoms. The molecule has 2 heterocycles. The number of benzene rings is 4.